The topological polar surface area (TPSA) is 63.3 Å². The van der Waals surface area contributed by atoms with Gasteiger partial charge in [-0.05, 0) is 30.7 Å². The third-order valence-electron chi connectivity index (χ3n) is 1.83. The van der Waals surface area contributed by atoms with Gasteiger partial charge >= 0.3 is 5.97 Å². The lowest BCUT2D eigenvalue weighted by Crippen LogP contribution is -1.96. The fourth-order valence-electron chi connectivity index (χ4n) is 0.994. The number of carboxylic acids is 1. The summed E-state index contributed by atoms with van der Waals surface area (Å²) in [7, 11) is 0. The molecule has 0 atom stereocenters. The maximum absolute atomic E-state index is 10.3. The lowest BCUT2D eigenvalue weighted by atomic mass is 10.2. The van der Waals surface area contributed by atoms with E-state index in [0.717, 1.165) is 16.1 Å². The number of aliphatic carboxylic acids is 1. The molecule has 0 heterocycles. The molecule has 0 aromatic heterocycles. The highest BCUT2D eigenvalue weighted by molar-refractivity contribution is 7.99. The van der Waals surface area contributed by atoms with Gasteiger partial charge in [-0.15, -0.1) is 11.8 Å². The summed E-state index contributed by atoms with van der Waals surface area (Å²) in [6.45, 7) is 1.94. The Labute approximate surface area is 87.3 Å². The Morgan fingerprint density at radius 1 is 1.57 bits per heavy atom. The van der Waals surface area contributed by atoms with Crippen molar-refractivity contribution >= 4 is 23.4 Å². The highest BCUT2D eigenvalue weighted by Gasteiger charge is 2.00. The average molecular weight is 211 g/mol. The van der Waals surface area contributed by atoms with Crippen LogP contribution in [0.3, 0.4) is 0 Å². The molecule has 0 saturated carbocycles. The molecule has 1 rings (SSSR count). The van der Waals surface area contributed by atoms with Gasteiger partial charge in [0.15, 0.2) is 0 Å². The van der Waals surface area contributed by atoms with Gasteiger partial charge < -0.3 is 10.8 Å². The van der Waals surface area contributed by atoms with Gasteiger partial charge in [-0.2, -0.15) is 0 Å². The Hall–Kier alpha value is -1.16. The van der Waals surface area contributed by atoms with E-state index in [4.69, 9.17) is 10.8 Å². The molecule has 0 aliphatic carbocycles. The molecule has 4 heteroatoms. The molecule has 0 radical (unpaired) electrons. The number of aryl methyl sites for hydroxylation is 1. The Bertz CT molecular complexity index is 339. The van der Waals surface area contributed by atoms with Crippen LogP contribution < -0.4 is 5.73 Å². The van der Waals surface area contributed by atoms with Crippen molar-refractivity contribution in [2.75, 3.05) is 11.5 Å². The summed E-state index contributed by atoms with van der Waals surface area (Å²) in [5, 5.41) is 8.46. The molecule has 0 fully saturated rings. The van der Waals surface area contributed by atoms with Crippen molar-refractivity contribution in [1.82, 2.24) is 0 Å². The minimum atomic E-state index is -0.760. The second-order valence-corrected chi connectivity index (χ2v) is 4.18. The van der Waals surface area contributed by atoms with Crippen LogP contribution in [0.4, 0.5) is 5.69 Å². The highest BCUT2D eigenvalue weighted by atomic mass is 32.2. The van der Waals surface area contributed by atoms with Crippen LogP contribution >= 0.6 is 11.8 Å². The monoisotopic (exact) mass is 211 g/mol. The van der Waals surface area contributed by atoms with E-state index in [0.29, 0.717) is 5.75 Å². The Morgan fingerprint density at radius 3 is 2.86 bits per heavy atom. The van der Waals surface area contributed by atoms with E-state index in [9.17, 15) is 4.79 Å². The largest absolute Gasteiger partial charge is 0.481 e. The molecule has 3 nitrogen and oxygen atoms in total. The first-order valence-corrected chi connectivity index (χ1v) is 5.29. The maximum atomic E-state index is 10.3. The molecule has 1 aromatic rings. The molecule has 76 valence electrons. The van der Waals surface area contributed by atoms with Crippen molar-refractivity contribution < 1.29 is 9.90 Å². The van der Waals surface area contributed by atoms with Gasteiger partial charge in [0.2, 0.25) is 0 Å². The summed E-state index contributed by atoms with van der Waals surface area (Å²) < 4.78 is 0. The molecule has 3 N–H and O–H groups in total. The number of hydrogen-bond donors (Lipinski definition) is 2. The number of hydrogen-bond acceptors (Lipinski definition) is 3. The molecular weight excluding hydrogens is 198 g/mol. The first-order valence-electron chi connectivity index (χ1n) is 4.30. The third kappa shape index (κ3) is 3.30. The van der Waals surface area contributed by atoms with Crippen molar-refractivity contribution in [1.29, 1.82) is 0 Å². The zero-order chi connectivity index (χ0) is 10.6. The lowest BCUT2D eigenvalue weighted by Gasteiger charge is -2.03. The summed E-state index contributed by atoms with van der Waals surface area (Å²) in [4.78, 5) is 11.3. The first-order chi connectivity index (χ1) is 6.59. The minimum absolute atomic E-state index is 0.189. The average Bonchev–Trinajstić information content (AvgIpc) is 2.10. The van der Waals surface area contributed by atoms with Crippen LogP contribution in [-0.4, -0.2) is 16.8 Å². The molecule has 0 unspecified atom stereocenters. The number of thioether (sulfide) groups is 1. The molecular formula is C10H13NO2S. The van der Waals surface area contributed by atoms with Crippen LogP contribution in [0, 0.1) is 6.92 Å². The summed E-state index contributed by atoms with van der Waals surface area (Å²) in [6, 6.07) is 5.73. The fraction of sp³-hybridized carbons (Fsp3) is 0.300. The molecule has 0 amide bonds. The Kier molecular flexibility index (Phi) is 3.83. The number of benzene rings is 1. The SMILES string of the molecule is Cc1cc(SCCC(=O)O)ccc1N. The van der Waals surface area contributed by atoms with E-state index in [1.165, 1.54) is 11.8 Å². The van der Waals surface area contributed by atoms with E-state index in [1.807, 2.05) is 25.1 Å². The van der Waals surface area contributed by atoms with Crippen LogP contribution in [0.15, 0.2) is 23.1 Å². The smallest absolute Gasteiger partial charge is 0.304 e. The number of rotatable bonds is 4. The van der Waals surface area contributed by atoms with Crippen molar-refractivity contribution in [3.05, 3.63) is 23.8 Å². The number of carbonyl (C=O) groups is 1. The van der Waals surface area contributed by atoms with Crippen molar-refractivity contribution in [3.8, 4) is 0 Å². The number of anilines is 1. The van der Waals surface area contributed by atoms with E-state index in [1.54, 1.807) is 0 Å². The molecule has 14 heavy (non-hydrogen) atoms. The second kappa shape index (κ2) is 4.91. The summed E-state index contributed by atoms with van der Waals surface area (Å²) in [5.41, 5.74) is 7.47. The lowest BCUT2D eigenvalue weighted by molar-refractivity contribution is -0.136. The van der Waals surface area contributed by atoms with Gasteiger partial charge in [-0.25, -0.2) is 0 Å². The quantitative estimate of drug-likeness (QED) is 0.591. The number of carboxylic acid groups (broad SMARTS) is 1. The normalized spacial score (nSPS) is 10.1. The summed E-state index contributed by atoms with van der Waals surface area (Å²) >= 11 is 1.54. The van der Waals surface area contributed by atoms with Gasteiger partial charge in [-0.3, -0.25) is 4.79 Å². The second-order valence-electron chi connectivity index (χ2n) is 3.01. The van der Waals surface area contributed by atoms with Crippen LogP contribution in [-0.2, 0) is 4.79 Å². The van der Waals surface area contributed by atoms with Gasteiger partial charge in [0.1, 0.15) is 0 Å². The Balaban J connectivity index is 2.51. The predicted octanol–water partition coefficient (Wildman–Crippen LogP) is 2.14. The maximum Gasteiger partial charge on any atom is 0.304 e. The van der Waals surface area contributed by atoms with Gasteiger partial charge in [0.25, 0.3) is 0 Å². The molecule has 1 aromatic carbocycles. The predicted molar refractivity (Wildman–Crippen MR) is 58.6 cm³/mol. The van der Waals surface area contributed by atoms with Gasteiger partial charge in [-0.1, -0.05) is 0 Å². The third-order valence-corrected chi connectivity index (χ3v) is 2.82. The van der Waals surface area contributed by atoms with E-state index in [-0.39, 0.29) is 6.42 Å². The Morgan fingerprint density at radius 2 is 2.29 bits per heavy atom. The first kappa shape index (κ1) is 10.9. The zero-order valence-electron chi connectivity index (χ0n) is 7.99. The molecule has 0 saturated heterocycles. The van der Waals surface area contributed by atoms with Gasteiger partial charge in [0, 0.05) is 16.3 Å². The van der Waals surface area contributed by atoms with Crippen molar-refractivity contribution in [2.45, 2.75) is 18.2 Å². The summed E-state index contributed by atoms with van der Waals surface area (Å²) in [6.07, 6.45) is 0.189. The molecule has 0 spiro atoms. The fourth-order valence-corrected chi connectivity index (χ4v) is 1.93. The molecule has 0 bridgehead atoms. The van der Waals surface area contributed by atoms with E-state index >= 15 is 0 Å². The highest BCUT2D eigenvalue weighted by Crippen LogP contribution is 2.22. The molecule has 0 aliphatic rings. The van der Waals surface area contributed by atoms with Crippen LogP contribution in [0.1, 0.15) is 12.0 Å². The summed E-state index contributed by atoms with van der Waals surface area (Å²) in [5.74, 6) is -0.164. The number of nitrogen functional groups attached to an aromatic ring is 1. The zero-order valence-corrected chi connectivity index (χ0v) is 8.80. The van der Waals surface area contributed by atoms with Crippen molar-refractivity contribution in [3.63, 3.8) is 0 Å². The number of nitrogens with two attached hydrogens (primary N) is 1. The van der Waals surface area contributed by atoms with E-state index < -0.39 is 5.97 Å². The van der Waals surface area contributed by atoms with Crippen molar-refractivity contribution in [2.24, 2.45) is 0 Å². The minimum Gasteiger partial charge on any atom is -0.481 e. The van der Waals surface area contributed by atoms with Crippen LogP contribution in [0.25, 0.3) is 0 Å². The van der Waals surface area contributed by atoms with Crippen LogP contribution in [0.2, 0.25) is 0 Å². The van der Waals surface area contributed by atoms with E-state index in [2.05, 4.69) is 0 Å². The standard InChI is InChI=1S/C10H13NO2S/c1-7-6-8(2-3-9(7)11)14-5-4-10(12)13/h2-3,6H,4-5,11H2,1H3,(H,12,13). The molecule has 0 aliphatic heterocycles. The van der Waals surface area contributed by atoms with Crippen LogP contribution in [0.5, 0.6) is 0 Å². The van der Waals surface area contributed by atoms with Gasteiger partial charge in [0.05, 0.1) is 6.42 Å².